The summed E-state index contributed by atoms with van der Waals surface area (Å²) in [5, 5.41) is 0. The standard InChI is InChI=1S/C8H7NO/c1-3-9-5-7-2-4-10-6-8(1)7/h1-5H,6H2. The Morgan fingerprint density at radius 2 is 2.50 bits per heavy atom. The van der Waals surface area contributed by atoms with Crippen LogP contribution in [-0.4, -0.2) is 4.98 Å². The SMILES string of the molecule is C1=Cc2cnccc2CO1. The molecule has 0 amide bonds. The lowest BCUT2D eigenvalue weighted by Crippen LogP contribution is -1.95. The van der Waals surface area contributed by atoms with Gasteiger partial charge in [-0.2, -0.15) is 0 Å². The number of nitrogens with zero attached hydrogens (tertiary/aromatic N) is 1. The Balaban J connectivity index is 2.54. The first-order valence-corrected chi connectivity index (χ1v) is 3.18. The molecule has 10 heavy (non-hydrogen) atoms. The van der Waals surface area contributed by atoms with Crippen molar-refractivity contribution in [2.75, 3.05) is 0 Å². The molecule has 0 radical (unpaired) electrons. The largest absolute Gasteiger partial charge is 0.496 e. The first-order valence-electron chi connectivity index (χ1n) is 3.18. The number of ether oxygens (including phenoxy) is 1. The minimum Gasteiger partial charge on any atom is -0.496 e. The fourth-order valence-electron chi connectivity index (χ4n) is 0.976. The summed E-state index contributed by atoms with van der Waals surface area (Å²) in [7, 11) is 0. The second-order valence-corrected chi connectivity index (χ2v) is 2.19. The third kappa shape index (κ3) is 0.778. The predicted molar refractivity (Wildman–Crippen MR) is 38.1 cm³/mol. The zero-order valence-electron chi connectivity index (χ0n) is 5.45. The van der Waals surface area contributed by atoms with E-state index in [1.165, 1.54) is 5.56 Å². The second-order valence-electron chi connectivity index (χ2n) is 2.19. The van der Waals surface area contributed by atoms with Crippen molar-refractivity contribution in [1.29, 1.82) is 0 Å². The Morgan fingerprint density at radius 3 is 3.40 bits per heavy atom. The van der Waals surface area contributed by atoms with Gasteiger partial charge in [-0.1, -0.05) is 0 Å². The average Bonchev–Trinajstić information content (AvgIpc) is 2.05. The Morgan fingerprint density at radius 1 is 1.50 bits per heavy atom. The van der Waals surface area contributed by atoms with Crippen molar-refractivity contribution in [2.45, 2.75) is 6.61 Å². The summed E-state index contributed by atoms with van der Waals surface area (Å²) in [6.07, 6.45) is 7.24. The number of hydrogen-bond donors (Lipinski definition) is 0. The van der Waals surface area contributed by atoms with Crippen LogP contribution >= 0.6 is 0 Å². The van der Waals surface area contributed by atoms with Crippen molar-refractivity contribution < 1.29 is 4.74 Å². The van der Waals surface area contributed by atoms with E-state index in [1.807, 2.05) is 18.3 Å². The molecule has 2 heterocycles. The summed E-state index contributed by atoms with van der Waals surface area (Å²) < 4.78 is 5.09. The van der Waals surface area contributed by atoms with Gasteiger partial charge in [-0.05, 0) is 17.7 Å². The van der Waals surface area contributed by atoms with Crippen LogP contribution in [0, 0.1) is 0 Å². The quantitative estimate of drug-likeness (QED) is 0.536. The van der Waals surface area contributed by atoms with Crippen LogP contribution in [0.2, 0.25) is 0 Å². The molecule has 0 atom stereocenters. The molecule has 0 aromatic carbocycles. The molecule has 0 saturated heterocycles. The summed E-state index contributed by atoms with van der Waals surface area (Å²) in [6.45, 7) is 0.675. The van der Waals surface area contributed by atoms with Gasteiger partial charge in [-0.25, -0.2) is 0 Å². The molecule has 0 spiro atoms. The molecular weight excluding hydrogens is 126 g/mol. The normalized spacial score (nSPS) is 14.0. The zero-order valence-corrected chi connectivity index (χ0v) is 5.45. The molecule has 0 unspecified atom stereocenters. The molecule has 2 heteroatoms. The van der Waals surface area contributed by atoms with Gasteiger partial charge in [-0.15, -0.1) is 0 Å². The average molecular weight is 133 g/mol. The molecule has 50 valence electrons. The smallest absolute Gasteiger partial charge is 0.113 e. The van der Waals surface area contributed by atoms with Crippen LogP contribution in [0.4, 0.5) is 0 Å². The molecule has 0 aliphatic carbocycles. The lowest BCUT2D eigenvalue weighted by molar-refractivity contribution is 0.234. The predicted octanol–water partition coefficient (Wildman–Crippen LogP) is 1.58. The third-order valence-corrected chi connectivity index (χ3v) is 1.53. The van der Waals surface area contributed by atoms with E-state index >= 15 is 0 Å². The highest BCUT2D eigenvalue weighted by atomic mass is 16.5. The van der Waals surface area contributed by atoms with Crippen LogP contribution in [0.15, 0.2) is 24.7 Å². The molecule has 0 N–H and O–H groups in total. The third-order valence-electron chi connectivity index (χ3n) is 1.53. The van der Waals surface area contributed by atoms with E-state index in [1.54, 1.807) is 12.5 Å². The second kappa shape index (κ2) is 2.14. The van der Waals surface area contributed by atoms with E-state index in [2.05, 4.69) is 4.98 Å². The first-order chi connectivity index (χ1) is 4.97. The number of rotatable bonds is 0. The fraction of sp³-hybridized carbons (Fsp3) is 0.125. The van der Waals surface area contributed by atoms with Gasteiger partial charge in [0.2, 0.25) is 0 Å². The van der Waals surface area contributed by atoms with Crippen LogP contribution in [0.5, 0.6) is 0 Å². The van der Waals surface area contributed by atoms with Gasteiger partial charge in [0.15, 0.2) is 0 Å². The molecule has 0 saturated carbocycles. The van der Waals surface area contributed by atoms with Crippen LogP contribution in [-0.2, 0) is 11.3 Å². The Hall–Kier alpha value is -1.31. The molecular formula is C8H7NO. The molecule has 0 bridgehead atoms. The van der Waals surface area contributed by atoms with Crippen molar-refractivity contribution in [2.24, 2.45) is 0 Å². The summed E-state index contributed by atoms with van der Waals surface area (Å²) in [5.41, 5.74) is 2.37. The fourth-order valence-corrected chi connectivity index (χ4v) is 0.976. The van der Waals surface area contributed by atoms with Gasteiger partial charge < -0.3 is 4.74 Å². The van der Waals surface area contributed by atoms with Gasteiger partial charge in [0.05, 0.1) is 6.26 Å². The van der Waals surface area contributed by atoms with Crippen molar-refractivity contribution in [3.63, 3.8) is 0 Å². The van der Waals surface area contributed by atoms with E-state index in [9.17, 15) is 0 Å². The van der Waals surface area contributed by atoms with E-state index < -0.39 is 0 Å². The summed E-state index contributed by atoms with van der Waals surface area (Å²) in [4.78, 5) is 3.99. The van der Waals surface area contributed by atoms with Crippen molar-refractivity contribution >= 4 is 6.08 Å². The van der Waals surface area contributed by atoms with Gasteiger partial charge in [0.25, 0.3) is 0 Å². The van der Waals surface area contributed by atoms with Gasteiger partial charge >= 0.3 is 0 Å². The lowest BCUT2D eigenvalue weighted by Gasteiger charge is -2.09. The first kappa shape index (κ1) is 5.47. The highest BCUT2D eigenvalue weighted by molar-refractivity contribution is 5.52. The summed E-state index contributed by atoms with van der Waals surface area (Å²) in [6, 6.07) is 1.97. The minimum atomic E-state index is 0.675. The topological polar surface area (TPSA) is 22.1 Å². The van der Waals surface area contributed by atoms with Crippen LogP contribution < -0.4 is 0 Å². The molecule has 1 aliphatic rings. The Kier molecular flexibility index (Phi) is 1.17. The zero-order chi connectivity index (χ0) is 6.81. The number of hydrogen-bond acceptors (Lipinski definition) is 2. The Bertz CT molecular complexity index is 268. The number of aromatic nitrogens is 1. The van der Waals surface area contributed by atoms with Crippen LogP contribution in [0.25, 0.3) is 6.08 Å². The van der Waals surface area contributed by atoms with Crippen molar-refractivity contribution in [1.82, 2.24) is 4.98 Å². The van der Waals surface area contributed by atoms with E-state index in [-0.39, 0.29) is 0 Å². The molecule has 1 aromatic heterocycles. The maximum atomic E-state index is 5.09. The highest BCUT2D eigenvalue weighted by Crippen LogP contribution is 2.14. The van der Waals surface area contributed by atoms with E-state index in [0.29, 0.717) is 6.61 Å². The van der Waals surface area contributed by atoms with Gasteiger partial charge in [0.1, 0.15) is 6.61 Å². The maximum absolute atomic E-state index is 5.09. The molecule has 0 fully saturated rings. The molecule has 2 nitrogen and oxygen atoms in total. The van der Waals surface area contributed by atoms with Crippen molar-refractivity contribution in [3.8, 4) is 0 Å². The molecule has 1 aromatic rings. The van der Waals surface area contributed by atoms with Gasteiger partial charge in [-0.3, -0.25) is 4.98 Å². The van der Waals surface area contributed by atoms with E-state index in [4.69, 9.17) is 4.74 Å². The highest BCUT2D eigenvalue weighted by Gasteiger charge is 2.01. The van der Waals surface area contributed by atoms with Crippen LogP contribution in [0.1, 0.15) is 11.1 Å². The maximum Gasteiger partial charge on any atom is 0.113 e. The van der Waals surface area contributed by atoms with E-state index in [0.717, 1.165) is 5.56 Å². The van der Waals surface area contributed by atoms with Crippen LogP contribution in [0.3, 0.4) is 0 Å². The summed E-state index contributed by atoms with van der Waals surface area (Å²) in [5.74, 6) is 0. The Labute approximate surface area is 59.2 Å². The number of fused-ring (bicyclic) bond motifs is 1. The molecule has 2 rings (SSSR count). The monoisotopic (exact) mass is 133 g/mol. The minimum absolute atomic E-state index is 0.675. The lowest BCUT2D eigenvalue weighted by atomic mass is 10.1. The number of pyridine rings is 1. The van der Waals surface area contributed by atoms with Crippen molar-refractivity contribution in [3.05, 3.63) is 35.8 Å². The van der Waals surface area contributed by atoms with Gasteiger partial charge in [0, 0.05) is 18.0 Å². The summed E-state index contributed by atoms with van der Waals surface area (Å²) >= 11 is 0. The molecule has 1 aliphatic heterocycles.